The Bertz CT molecular complexity index is 1370. The quantitative estimate of drug-likeness (QED) is 0.290. The van der Waals surface area contributed by atoms with E-state index in [0.717, 1.165) is 5.56 Å². The van der Waals surface area contributed by atoms with E-state index in [2.05, 4.69) is 44.8 Å². The van der Waals surface area contributed by atoms with Crippen molar-refractivity contribution >= 4 is 0 Å². The number of nitrogens with zero attached hydrogens (tertiary/aromatic N) is 6. The fourth-order valence-electron chi connectivity index (χ4n) is 3.56. The van der Waals surface area contributed by atoms with Gasteiger partial charge in [0, 0.05) is 23.5 Å². The van der Waals surface area contributed by atoms with Crippen molar-refractivity contribution in [1.29, 1.82) is 10.5 Å². The highest BCUT2D eigenvalue weighted by Gasteiger charge is 2.18. The predicted octanol–water partition coefficient (Wildman–Crippen LogP) is 5.81. The van der Waals surface area contributed by atoms with Gasteiger partial charge >= 0.3 is 0 Å². The first-order valence-electron chi connectivity index (χ1n) is 12.1. The van der Waals surface area contributed by atoms with Crippen molar-refractivity contribution in [2.24, 2.45) is 11.8 Å². The van der Waals surface area contributed by atoms with Gasteiger partial charge in [0.2, 0.25) is 0 Å². The second-order valence-electron chi connectivity index (χ2n) is 9.43. The molecule has 4 rings (SSSR count). The van der Waals surface area contributed by atoms with Crippen LogP contribution in [0.5, 0.6) is 11.5 Å². The van der Waals surface area contributed by atoms with E-state index in [4.69, 9.17) is 19.6 Å². The number of nitriles is 2. The maximum absolute atomic E-state index is 9.78. The lowest BCUT2D eigenvalue weighted by atomic mass is 10.1. The van der Waals surface area contributed by atoms with Gasteiger partial charge in [-0.2, -0.15) is 10.5 Å². The predicted molar refractivity (Wildman–Crippen MR) is 140 cm³/mol. The molecule has 0 fully saturated rings. The molecule has 0 spiro atoms. The Morgan fingerprint density at radius 3 is 1.97 bits per heavy atom. The van der Waals surface area contributed by atoms with Crippen molar-refractivity contribution in [3.05, 3.63) is 72.1 Å². The third-order valence-electron chi connectivity index (χ3n) is 5.38. The van der Waals surface area contributed by atoms with Gasteiger partial charge in [0.05, 0.1) is 30.0 Å². The largest absolute Gasteiger partial charge is 0.492 e. The van der Waals surface area contributed by atoms with Gasteiger partial charge in [0.1, 0.15) is 23.6 Å². The van der Waals surface area contributed by atoms with Gasteiger partial charge in [0.15, 0.2) is 11.6 Å². The van der Waals surface area contributed by atoms with Crippen LogP contribution in [0.3, 0.4) is 0 Å². The summed E-state index contributed by atoms with van der Waals surface area (Å²) in [5.74, 6) is 2.73. The summed E-state index contributed by atoms with van der Waals surface area (Å²) >= 11 is 0. The van der Waals surface area contributed by atoms with Crippen LogP contribution in [-0.4, -0.2) is 33.0 Å². The molecule has 0 amide bonds. The van der Waals surface area contributed by atoms with Crippen LogP contribution in [0.2, 0.25) is 0 Å². The van der Waals surface area contributed by atoms with Crippen LogP contribution in [0.4, 0.5) is 0 Å². The van der Waals surface area contributed by atoms with Crippen LogP contribution < -0.4 is 9.47 Å². The second-order valence-corrected chi connectivity index (χ2v) is 9.43. The van der Waals surface area contributed by atoms with Gasteiger partial charge < -0.3 is 9.47 Å². The first kappa shape index (κ1) is 25.4. The fraction of sp³-hybridized carbons (Fsp3) is 0.276. The summed E-state index contributed by atoms with van der Waals surface area (Å²) in [4.78, 5) is 8.88. The molecule has 37 heavy (non-hydrogen) atoms. The molecule has 186 valence electrons. The Hall–Kier alpha value is -4.69. The van der Waals surface area contributed by atoms with E-state index < -0.39 is 0 Å². The van der Waals surface area contributed by atoms with Gasteiger partial charge in [-0.3, -0.25) is 4.98 Å². The van der Waals surface area contributed by atoms with E-state index >= 15 is 0 Å². The molecular formula is C29H28N6O2. The third-order valence-corrected chi connectivity index (χ3v) is 5.38. The van der Waals surface area contributed by atoms with Crippen molar-refractivity contribution in [2.75, 3.05) is 13.2 Å². The summed E-state index contributed by atoms with van der Waals surface area (Å²) in [6, 6.07) is 18.8. The van der Waals surface area contributed by atoms with Crippen molar-refractivity contribution in [2.45, 2.75) is 27.7 Å². The fourth-order valence-corrected chi connectivity index (χ4v) is 3.56. The summed E-state index contributed by atoms with van der Waals surface area (Å²) in [6.07, 6.45) is 3.36. The molecule has 4 aromatic rings. The van der Waals surface area contributed by atoms with Crippen LogP contribution in [0.25, 0.3) is 28.5 Å². The third kappa shape index (κ3) is 5.94. The lowest BCUT2D eigenvalue weighted by Gasteiger charge is -2.13. The molecule has 0 atom stereocenters. The van der Waals surface area contributed by atoms with E-state index in [9.17, 15) is 10.5 Å². The van der Waals surface area contributed by atoms with Gasteiger partial charge in [-0.15, -0.1) is 5.10 Å². The molecule has 8 nitrogen and oxygen atoms in total. The Balaban J connectivity index is 1.82. The summed E-state index contributed by atoms with van der Waals surface area (Å²) in [7, 11) is 0. The molecule has 8 heteroatoms. The molecule has 0 saturated heterocycles. The van der Waals surface area contributed by atoms with E-state index in [1.165, 1.54) is 0 Å². The van der Waals surface area contributed by atoms with Gasteiger partial charge in [0.25, 0.3) is 0 Å². The molecule has 0 aliphatic rings. The number of hydrogen-bond donors (Lipinski definition) is 0. The molecule has 2 heterocycles. The van der Waals surface area contributed by atoms with Crippen molar-refractivity contribution < 1.29 is 9.47 Å². The maximum atomic E-state index is 9.78. The lowest BCUT2D eigenvalue weighted by molar-refractivity contribution is 0.270. The highest BCUT2D eigenvalue weighted by molar-refractivity contribution is 5.67. The van der Waals surface area contributed by atoms with E-state index in [1.807, 2.05) is 24.3 Å². The van der Waals surface area contributed by atoms with Crippen LogP contribution in [0.1, 0.15) is 38.8 Å². The Morgan fingerprint density at radius 2 is 1.38 bits per heavy atom. The minimum absolute atomic E-state index is 0.331. The molecule has 0 N–H and O–H groups in total. The Morgan fingerprint density at radius 1 is 0.784 bits per heavy atom. The normalized spacial score (nSPS) is 10.8. The van der Waals surface area contributed by atoms with E-state index in [0.29, 0.717) is 70.6 Å². The highest BCUT2D eigenvalue weighted by atomic mass is 16.5. The zero-order valence-electron chi connectivity index (χ0n) is 21.3. The smallest absolute Gasteiger partial charge is 0.182 e. The molecule has 0 bridgehead atoms. The Labute approximate surface area is 216 Å². The van der Waals surface area contributed by atoms with Crippen molar-refractivity contribution in [3.8, 4) is 52.1 Å². The molecular weight excluding hydrogens is 464 g/mol. The lowest BCUT2D eigenvalue weighted by Crippen LogP contribution is -2.07. The van der Waals surface area contributed by atoms with Crippen LogP contribution in [-0.2, 0) is 0 Å². The number of ether oxygens (including phenoxy) is 2. The summed E-state index contributed by atoms with van der Waals surface area (Å²) < 4.78 is 13.3. The monoisotopic (exact) mass is 492 g/mol. The maximum Gasteiger partial charge on any atom is 0.182 e. The number of pyridine rings is 1. The average molecular weight is 493 g/mol. The number of hydrogen-bond acceptors (Lipinski definition) is 7. The number of rotatable bonds is 9. The molecule has 0 radical (unpaired) electrons. The summed E-state index contributed by atoms with van der Waals surface area (Å²) in [6.45, 7) is 9.24. The molecule has 2 aromatic heterocycles. The average Bonchev–Trinajstić information content (AvgIpc) is 3.36. The number of aromatic nitrogens is 4. The molecule has 0 saturated carbocycles. The van der Waals surface area contributed by atoms with E-state index in [1.54, 1.807) is 41.3 Å². The molecule has 0 aliphatic carbocycles. The van der Waals surface area contributed by atoms with Gasteiger partial charge in [-0.1, -0.05) is 27.7 Å². The summed E-state index contributed by atoms with van der Waals surface area (Å²) in [5.41, 5.74) is 2.95. The zero-order valence-corrected chi connectivity index (χ0v) is 21.3. The van der Waals surface area contributed by atoms with E-state index in [-0.39, 0.29) is 0 Å². The van der Waals surface area contributed by atoms with Crippen LogP contribution >= 0.6 is 0 Å². The van der Waals surface area contributed by atoms with Gasteiger partial charge in [-0.05, 0) is 60.4 Å². The Kier molecular flexibility index (Phi) is 7.80. The topological polar surface area (TPSA) is 110 Å². The van der Waals surface area contributed by atoms with Gasteiger partial charge in [-0.25, -0.2) is 9.67 Å². The minimum Gasteiger partial charge on any atom is -0.492 e. The van der Waals surface area contributed by atoms with Crippen LogP contribution in [0.15, 0.2) is 60.9 Å². The molecule has 2 aromatic carbocycles. The van der Waals surface area contributed by atoms with Crippen molar-refractivity contribution in [3.63, 3.8) is 0 Å². The zero-order chi connectivity index (χ0) is 26.4. The second kappa shape index (κ2) is 11.4. The SMILES string of the molecule is CC(C)COc1ccc(-c2nc(-c3ccncc3)nn2-c2ccc(OCC(C)C)c(C#N)c2)cc1C#N. The highest BCUT2D eigenvalue weighted by Crippen LogP contribution is 2.31. The minimum atomic E-state index is 0.331. The van der Waals surface area contributed by atoms with Crippen molar-refractivity contribution in [1.82, 2.24) is 19.7 Å². The molecule has 0 unspecified atom stereocenters. The molecule has 0 aliphatic heterocycles. The number of benzene rings is 2. The first-order chi connectivity index (χ1) is 17.9. The first-order valence-corrected chi connectivity index (χ1v) is 12.1. The van der Waals surface area contributed by atoms with Crippen LogP contribution in [0, 0.1) is 34.5 Å². The standard InChI is InChI=1S/C29H28N6O2/c1-19(2)17-36-26-7-5-22(13-23(26)15-30)29-33-28(21-9-11-32-12-10-21)34-35(29)25-6-8-27(24(14-25)16-31)37-18-20(3)4/h5-14,19-20H,17-18H2,1-4H3. The summed E-state index contributed by atoms with van der Waals surface area (Å²) in [5, 5.41) is 24.3.